The minimum absolute atomic E-state index is 0.0273. The number of fused-ring (bicyclic) bond motifs is 1. The van der Waals surface area contributed by atoms with E-state index in [1.165, 1.54) is 6.26 Å². The Morgan fingerprint density at radius 1 is 1.08 bits per heavy atom. The van der Waals surface area contributed by atoms with E-state index in [0.29, 0.717) is 17.0 Å². The minimum atomic E-state index is -3.24. The Morgan fingerprint density at radius 2 is 1.83 bits per heavy atom. The van der Waals surface area contributed by atoms with Crippen LogP contribution < -0.4 is 4.90 Å². The van der Waals surface area contributed by atoms with E-state index in [4.69, 9.17) is 0 Å². The molecule has 126 valence electrons. The van der Waals surface area contributed by atoms with Crippen molar-refractivity contribution in [2.75, 3.05) is 17.7 Å². The van der Waals surface area contributed by atoms with Crippen LogP contribution in [0.2, 0.25) is 0 Å². The zero-order valence-corrected chi connectivity index (χ0v) is 15.0. The van der Waals surface area contributed by atoms with Gasteiger partial charge < -0.3 is 4.90 Å². The predicted octanol–water partition coefficient (Wildman–Crippen LogP) is 3.30. The first kappa shape index (κ1) is 16.7. The monoisotopic (exact) mass is 343 g/mol. The van der Waals surface area contributed by atoms with Crippen LogP contribution >= 0.6 is 0 Å². The second kappa shape index (κ2) is 6.06. The number of hydrogen-bond acceptors (Lipinski definition) is 3. The van der Waals surface area contributed by atoms with Gasteiger partial charge in [0.25, 0.3) is 5.91 Å². The second-order valence-corrected chi connectivity index (χ2v) is 8.46. The van der Waals surface area contributed by atoms with Gasteiger partial charge in [0.2, 0.25) is 0 Å². The van der Waals surface area contributed by atoms with Crippen LogP contribution in [-0.4, -0.2) is 27.1 Å². The summed E-state index contributed by atoms with van der Waals surface area (Å²) >= 11 is 0. The molecule has 0 N–H and O–H groups in total. The Hall–Kier alpha value is -2.14. The predicted molar refractivity (Wildman–Crippen MR) is 95.5 cm³/mol. The van der Waals surface area contributed by atoms with Gasteiger partial charge in [-0.05, 0) is 62.1 Å². The highest BCUT2D eigenvalue weighted by Crippen LogP contribution is 2.31. The van der Waals surface area contributed by atoms with E-state index in [1.54, 1.807) is 23.1 Å². The number of amides is 1. The molecular weight excluding hydrogens is 322 g/mol. The molecule has 24 heavy (non-hydrogen) atoms. The quantitative estimate of drug-likeness (QED) is 0.841. The number of anilines is 1. The Morgan fingerprint density at radius 3 is 2.50 bits per heavy atom. The van der Waals surface area contributed by atoms with Gasteiger partial charge in [0, 0.05) is 24.1 Å². The van der Waals surface area contributed by atoms with Gasteiger partial charge >= 0.3 is 0 Å². The Labute approximate surface area is 143 Å². The summed E-state index contributed by atoms with van der Waals surface area (Å²) in [7, 11) is -3.24. The minimum Gasteiger partial charge on any atom is -0.308 e. The largest absolute Gasteiger partial charge is 0.308 e. The van der Waals surface area contributed by atoms with Crippen LogP contribution in [0.4, 0.5) is 5.69 Å². The second-order valence-electron chi connectivity index (χ2n) is 6.44. The molecule has 2 aromatic carbocycles. The van der Waals surface area contributed by atoms with Gasteiger partial charge in [-0.1, -0.05) is 17.7 Å². The molecular formula is C19H21NO3S. The van der Waals surface area contributed by atoms with Gasteiger partial charge in [0.1, 0.15) is 0 Å². The first-order valence-corrected chi connectivity index (χ1v) is 9.88. The van der Waals surface area contributed by atoms with Crippen LogP contribution in [0.25, 0.3) is 0 Å². The number of benzene rings is 2. The van der Waals surface area contributed by atoms with Gasteiger partial charge in [0.05, 0.1) is 4.90 Å². The zero-order valence-electron chi connectivity index (χ0n) is 14.2. The van der Waals surface area contributed by atoms with Gasteiger partial charge in [-0.25, -0.2) is 8.42 Å². The third-order valence-electron chi connectivity index (χ3n) is 4.46. The molecule has 0 aliphatic carbocycles. The summed E-state index contributed by atoms with van der Waals surface area (Å²) < 4.78 is 23.5. The maximum Gasteiger partial charge on any atom is 0.258 e. The number of aryl methyl sites for hydroxylation is 3. The third-order valence-corrected chi connectivity index (χ3v) is 5.57. The Bertz CT molecular complexity index is 916. The number of hydrogen-bond donors (Lipinski definition) is 0. The summed E-state index contributed by atoms with van der Waals surface area (Å²) in [6, 6.07) is 10.9. The first-order valence-electron chi connectivity index (χ1n) is 7.99. The molecule has 1 aliphatic heterocycles. The van der Waals surface area contributed by atoms with Crippen LogP contribution in [-0.2, 0) is 16.3 Å². The highest BCUT2D eigenvalue weighted by Gasteiger charge is 2.25. The fraction of sp³-hybridized carbons (Fsp3) is 0.316. The summed E-state index contributed by atoms with van der Waals surface area (Å²) in [5.74, 6) is -0.0273. The highest BCUT2D eigenvalue weighted by atomic mass is 32.2. The molecule has 0 spiro atoms. The summed E-state index contributed by atoms with van der Waals surface area (Å²) in [6.07, 6.45) is 2.82. The Balaban J connectivity index is 2.02. The van der Waals surface area contributed by atoms with Crippen molar-refractivity contribution < 1.29 is 13.2 Å². The molecule has 4 nitrogen and oxygen atoms in total. The molecule has 1 amide bonds. The van der Waals surface area contributed by atoms with Gasteiger partial charge in [-0.2, -0.15) is 0 Å². The van der Waals surface area contributed by atoms with E-state index in [1.807, 2.05) is 32.0 Å². The topological polar surface area (TPSA) is 54.5 Å². The fourth-order valence-electron chi connectivity index (χ4n) is 3.21. The van der Waals surface area contributed by atoms with Crippen molar-refractivity contribution in [3.63, 3.8) is 0 Å². The lowest BCUT2D eigenvalue weighted by atomic mass is 9.99. The molecule has 0 saturated carbocycles. The zero-order chi connectivity index (χ0) is 17.5. The maximum atomic E-state index is 13.0. The Kier molecular flexibility index (Phi) is 4.22. The van der Waals surface area contributed by atoms with Crippen LogP contribution in [0.15, 0.2) is 41.3 Å². The molecule has 5 heteroatoms. The molecule has 3 rings (SSSR count). The average Bonchev–Trinajstić information content (AvgIpc) is 2.52. The summed E-state index contributed by atoms with van der Waals surface area (Å²) in [5.41, 5.74) is 4.52. The lowest BCUT2D eigenvalue weighted by molar-refractivity contribution is 0.0984. The maximum absolute atomic E-state index is 13.0. The lowest BCUT2D eigenvalue weighted by Gasteiger charge is -2.30. The smallest absolute Gasteiger partial charge is 0.258 e. The van der Waals surface area contributed by atoms with E-state index in [9.17, 15) is 13.2 Å². The van der Waals surface area contributed by atoms with E-state index < -0.39 is 9.84 Å². The summed E-state index contributed by atoms with van der Waals surface area (Å²) in [5, 5.41) is 0. The SMILES string of the molecule is Cc1ccc(C(=O)N2CCCc3cc(S(C)(=O)=O)ccc32)c(C)c1. The number of carbonyl (C=O) groups is 1. The van der Waals surface area contributed by atoms with Crippen molar-refractivity contribution in [1.29, 1.82) is 0 Å². The van der Waals surface area contributed by atoms with Crippen LogP contribution in [0.1, 0.15) is 33.5 Å². The molecule has 0 unspecified atom stereocenters. The molecule has 0 fully saturated rings. The number of sulfone groups is 1. The van der Waals surface area contributed by atoms with Gasteiger partial charge in [0.15, 0.2) is 9.84 Å². The highest BCUT2D eigenvalue weighted by molar-refractivity contribution is 7.90. The van der Waals surface area contributed by atoms with Crippen molar-refractivity contribution in [2.24, 2.45) is 0 Å². The van der Waals surface area contributed by atoms with E-state index >= 15 is 0 Å². The van der Waals surface area contributed by atoms with Crippen molar-refractivity contribution in [3.8, 4) is 0 Å². The van der Waals surface area contributed by atoms with Crippen molar-refractivity contribution >= 4 is 21.4 Å². The van der Waals surface area contributed by atoms with Crippen molar-refractivity contribution in [1.82, 2.24) is 0 Å². The molecule has 1 heterocycles. The van der Waals surface area contributed by atoms with Crippen LogP contribution in [0, 0.1) is 13.8 Å². The van der Waals surface area contributed by atoms with E-state index in [0.717, 1.165) is 35.2 Å². The standard InChI is InChI=1S/C19H21NO3S/c1-13-6-8-17(14(2)11-13)19(21)20-10-4-5-15-12-16(24(3,22)23)7-9-18(15)20/h6-9,11-12H,4-5,10H2,1-3H3. The van der Waals surface area contributed by atoms with Gasteiger partial charge in [-0.3, -0.25) is 4.79 Å². The molecule has 0 radical (unpaired) electrons. The first-order chi connectivity index (χ1) is 11.3. The molecule has 0 aromatic heterocycles. The van der Waals surface area contributed by atoms with E-state index in [-0.39, 0.29) is 5.91 Å². The molecule has 2 aromatic rings. The van der Waals surface area contributed by atoms with Crippen LogP contribution in [0.3, 0.4) is 0 Å². The normalized spacial score (nSPS) is 14.4. The van der Waals surface area contributed by atoms with E-state index in [2.05, 4.69) is 0 Å². The van der Waals surface area contributed by atoms with Crippen molar-refractivity contribution in [2.45, 2.75) is 31.6 Å². The number of nitrogens with zero attached hydrogens (tertiary/aromatic N) is 1. The molecule has 0 saturated heterocycles. The molecule has 1 aliphatic rings. The summed E-state index contributed by atoms with van der Waals surface area (Å²) in [4.78, 5) is 15.1. The van der Waals surface area contributed by atoms with Crippen LogP contribution in [0.5, 0.6) is 0 Å². The van der Waals surface area contributed by atoms with Crippen molar-refractivity contribution in [3.05, 3.63) is 58.7 Å². The molecule has 0 atom stereocenters. The third kappa shape index (κ3) is 3.08. The fourth-order valence-corrected chi connectivity index (χ4v) is 3.89. The van der Waals surface area contributed by atoms with Gasteiger partial charge in [-0.15, -0.1) is 0 Å². The number of rotatable bonds is 2. The average molecular weight is 343 g/mol. The number of carbonyl (C=O) groups excluding carboxylic acids is 1. The summed E-state index contributed by atoms with van der Waals surface area (Å²) in [6.45, 7) is 4.60. The molecule has 0 bridgehead atoms. The lowest BCUT2D eigenvalue weighted by Crippen LogP contribution is -2.36.